The molecule has 122 valence electrons. The molecule has 0 saturated heterocycles. The van der Waals surface area contributed by atoms with Crippen LogP contribution in [0.1, 0.15) is 51.4 Å². The van der Waals surface area contributed by atoms with E-state index in [2.05, 4.69) is 43.1 Å². The molecular formula is C22H30Si. The lowest BCUT2D eigenvalue weighted by Gasteiger charge is -2.32. The van der Waals surface area contributed by atoms with Crippen molar-refractivity contribution in [2.45, 2.75) is 64.5 Å². The molecule has 0 saturated carbocycles. The third-order valence-corrected chi connectivity index (χ3v) is 7.33. The second-order valence-electron chi connectivity index (χ2n) is 8.11. The van der Waals surface area contributed by atoms with E-state index in [1.807, 2.05) is 0 Å². The van der Waals surface area contributed by atoms with Gasteiger partial charge in [-0.3, -0.25) is 0 Å². The van der Waals surface area contributed by atoms with Crippen molar-refractivity contribution in [3.8, 4) is 0 Å². The van der Waals surface area contributed by atoms with Gasteiger partial charge in [0, 0.05) is 11.8 Å². The van der Waals surface area contributed by atoms with Gasteiger partial charge >= 0.3 is 0 Å². The van der Waals surface area contributed by atoms with Crippen LogP contribution >= 0.6 is 0 Å². The smallest absolute Gasteiger partial charge is 0.00536 e. The molecule has 0 N–H and O–H groups in total. The van der Waals surface area contributed by atoms with Crippen molar-refractivity contribution >= 4 is 14.1 Å². The van der Waals surface area contributed by atoms with E-state index in [0.29, 0.717) is 11.8 Å². The van der Waals surface area contributed by atoms with Crippen LogP contribution < -0.4 is 0 Å². The summed E-state index contributed by atoms with van der Waals surface area (Å²) in [6.07, 6.45) is 21.1. The second-order valence-corrected chi connectivity index (χ2v) is 10.6. The summed E-state index contributed by atoms with van der Waals surface area (Å²) in [5.74, 6) is 2.13. The van der Waals surface area contributed by atoms with Gasteiger partial charge in [-0.25, -0.2) is 0 Å². The minimum absolute atomic E-state index is 0.319. The van der Waals surface area contributed by atoms with E-state index in [-0.39, 0.29) is 8.41 Å². The maximum Gasteiger partial charge on any atom is 0.00536 e. The van der Waals surface area contributed by atoms with E-state index in [1.165, 1.54) is 51.4 Å². The van der Waals surface area contributed by atoms with Crippen molar-refractivity contribution in [3.05, 3.63) is 46.6 Å². The third-order valence-electron chi connectivity index (χ3n) is 6.28. The third kappa shape index (κ3) is 2.93. The van der Waals surface area contributed by atoms with Gasteiger partial charge in [-0.15, -0.1) is 0 Å². The fraction of sp³-hybridized carbons (Fsp3) is 0.591. The lowest BCUT2D eigenvalue weighted by atomic mass is 9.73. The Morgan fingerprint density at radius 1 is 0.826 bits per heavy atom. The van der Waals surface area contributed by atoms with Crippen LogP contribution in [0, 0.1) is 17.8 Å². The van der Waals surface area contributed by atoms with Crippen LogP contribution in [-0.2, 0) is 0 Å². The van der Waals surface area contributed by atoms with Gasteiger partial charge in [-0.2, -0.15) is 0 Å². The Bertz CT molecular complexity index is 589. The quantitative estimate of drug-likeness (QED) is 0.571. The molecule has 0 heterocycles. The van der Waals surface area contributed by atoms with Crippen LogP contribution in [0.25, 0.3) is 0 Å². The molecule has 4 aliphatic rings. The summed E-state index contributed by atoms with van der Waals surface area (Å²) in [4.78, 5) is 0. The van der Waals surface area contributed by atoms with Gasteiger partial charge in [-0.1, -0.05) is 54.2 Å². The first kappa shape index (κ1) is 15.6. The highest BCUT2D eigenvalue weighted by molar-refractivity contribution is 6.63. The maximum absolute atomic E-state index is 2.77. The van der Waals surface area contributed by atoms with Gasteiger partial charge in [0.1, 0.15) is 0 Å². The van der Waals surface area contributed by atoms with Crippen molar-refractivity contribution < 1.29 is 0 Å². The first-order valence-corrected chi connectivity index (χ1v) is 12.3. The molecule has 0 spiro atoms. The van der Waals surface area contributed by atoms with Gasteiger partial charge < -0.3 is 0 Å². The summed E-state index contributed by atoms with van der Waals surface area (Å²) in [5.41, 5.74) is 9.77. The number of rotatable bonds is 3. The van der Waals surface area contributed by atoms with Crippen LogP contribution in [0.3, 0.4) is 0 Å². The zero-order valence-corrected chi connectivity index (χ0v) is 15.8. The summed E-state index contributed by atoms with van der Waals surface area (Å²) >= 11 is 0. The maximum atomic E-state index is 2.77. The molecule has 0 amide bonds. The predicted octanol–water partition coefficient (Wildman–Crippen LogP) is 5.85. The van der Waals surface area contributed by atoms with E-state index in [9.17, 15) is 0 Å². The Labute approximate surface area is 143 Å². The van der Waals surface area contributed by atoms with Crippen LogP contribution in [0.4, 0.5) is 0 Å². The number of hydrogen-bond donors (Lipinski definition) is 0. The molecule has 2 unspecified atom stereocenters. The molecule has 0 aromatic carbocycles. The topological polar surface area (TPSA) is 0 Å². The van der Waals surface area contributed by atoms with Crippen molar-refractivity contribution in [1.29, 1.82) is 0 Å². The van der Waals surface area contributed by atoms with E-state index in [1.54, 1.807) is 22.3 Å². The first-order chi connectivity index (χ1) is 11.2. The first-order valence-electron chi connectivity index (χ1n) is 9.69. The molecule has 23 heavy (non-hydrogen) atoms. The van der Waals surface area contributed by atoms with Crippen LogP contribution in [-0.4, -0.2) is 14.1 Å². The zero-order chi connectivity index (χ0) is 15.8. The van der Waals surface area contributed by atoms with E-state index >= 15 is 0 Å². The SMILES string of the molecule is C[Si](C)=CC(C1C=CC2=C1CCCC2)C1C=CC2=C1CCCC2. The highest BCUT2D eigenvalue weighted by atomic mass is 28.2. The molecule has 1 heteroatoms. The molecule has 0 aliphatic heterocycles. The fourth-order valence-electron chi connectivity index (χ4n) is 5.26. The van der Waals surface area contributed by atoms with Crippen molar-refractivity contribution in [2.75, 3.05) is 0 Å². The minimum atomic E-state index is -0.319. The molecule has 0 nitrogen and oxygen atoms in total. The summed E-state index contributed by atoms with van der Waals surface area (Å²) in [6, 6.07) is 0. The lowest BCUT2D eigenvalue weighted by molar-refractivity contribution is 0.458. The predicted molar refractivity (Wildman–Crippen MR) is 103 cm³/mol. The Balaban J connectivity index is 1.68. The molecule has 4 aliphatic carbocycles. The summed E-state index contributed by atoms with van der Waals surface area (Å²) in [7, 11) is -0.319. The van der Waals surface area contributed by atoms with E-state index in [0.717, 1.165) is 5.92 Å². The monoisotopic (exact) mass is 322 g/mol. The highest BCUT2D eigenvalue weighted by Crippen LogP contribution is 2.47. The van der Waals surface area contributed by atoms with Gasteiger partial charge in [-0.05, 0) is 76.8 Å². The van der Waals surface area contributed by atoms with E-state index < -0.39 is 0 Å². The number of allylic oxidation sites excluding steroid dienone is 8. The van der Waals surface area contributed by atoms with Crippen molar-refractivity contribution in [1.82, 2.24) is 0 Å². The number of hydrogen-bond acceptors (Lipinski definition) is 0. The average Bonchev–Trinajstić information content (AvgIpc) is 3.17. The lowest BCUT2D eigenvalue weighted by Crippen LogP contribution is -2.27. The van der Waals surface area contributed by atoms with Gasteiger partial charge in [0.25, 0.3) is 0 Å². The average molecular weight is 323 g/mol. The highest BCUT2D eigenvalue weighted by Gasteiger charge is 2.36. The van der Waals surface area contributed by atoms with Crippen molar-refractivity contribution in [3.63, 3.8) is 0 Å². The molecule has 0 aromatic heterocycles. The molecule has 0 bridgehead atoms. The Morgan fingerprint density at radius 3 is 1.78 bits per heavy atom. The van der Waals surface area contributed by atoms with Gasteiger partial charge in [0.2, 0.25) is 0 Å². The summed E-state index contributed by atoms with van der Waals surface area (Å²) in [6.45, 7) is 4.92. The minimum Gasteiger partial charge on any atom is -0.0992 e. The van der Waals surface area contributed by atoms with Crippen LogP contribution in [0.2, 0.25) is 13.1 Å². The van der Waals surface area contributed by atoms with Gasteiger partial charge in [0.15, 0.2) is 0 Å². The Kier molecular flexibility index (Phi) is 4.41. The Hall–Kier alpha value is -0.953. The largest absolute Gasteiger partial charge is 0.0992 e. The van der Waals surface area contributed by atoms with E-state index in [4.69, 9.17) is 0 Å². The standard InChI is InChI=1S/C22H30Si/c1-23(2)15-22(20-13-11-16-7-3-5-9-18(16)20)21-14-12-17-8-4-6-10-19(17)21/h11-15,20-22H,3-10H2,1-2H3. The van der Waals surface area contributed by atoms with Crippen LogP contribution in [0.15, 0.2) is 46.6 Å². The molecule has 4 rings (SSSR count). The summed E-state index contributed by atoms with van der Waals surface area (Å²) < 4.78 is 0. The van der Waals surface area contributed by atoms with Crippen molar-refractivity contribution in [2.24, 2.45) is 17.8 Å². The van der Waals surface area contributed by atoms with Gasteiger partial charge in [0.05, 0.1) is 0 Å². The zero-order valence-electron chi connectivity index (χ0n) is 14.8. The second kappa shape index (κ2) is 6.51. The molecular weight excluding hydrogens is 292 g/mol. The fourth-order valence-corrected chi connectivity index (χ4v) is 6.44. The molecule has 0 aromatic rings. The normalized spacial score (nSPS) is 30.5. The molecule has 0 radical (unpaired) electrons. The van der Waals surface area contributed by atoms with Crippen LogP contribution in [0.5, 0.6) is 0 Å². The molecule has 0 fully saturated rings. The summed E-state index contributed by atoms with van der Waals surface area (Å²) in [5, 5.41) is 0. The molecule has 2 atom stereocenters. The Morgan fingerprint density at radius 2 is 1.30 bits per heavy atom.